The summed E-state index contributed by atoms with van der Waals surface area (Å²) in [6.45, 7) is 4.98. The maximum atomic E-state index is 12.0. The number of amides is 1. The minimum absolute atomic E-state index is 0.296. The van der Waals surface area contributed by atoms with Crippen molar-refractivity contribution in [3.05, 3.63) is 35.4 Å². The molecule has 0 heterocycles. The molecule has 2 heteroatoms. The van der Waals surface area contributed by atoms with Crippen LogP contribution in [-0.4, -0.2) is 23.4 Å². The van der Waals surface area contributed by atoms with Crippen molar-refractivity contribution < 1.29 is 4.79 Å². The lowest BCUT2D eigenvalue weighted by Crippen LogP contribution is -2.41. The Morgan fingerprint density at radius 2 is 1.82 bits per heavy atom. The third kappa shape index (κ3) is 2.51. The number of carbonyl (C=O) groups is 1. The average molecular weight is 231 g/mol. The maximum absolute atomic E-state index is 12.0. The largest absolute Gasteiger partial charge is 0.339 e. The smallest absolute Gasteiger partial charge is 0.222 e. The highest BCUT2D eigenvalue weighted by molar-refractivity contribution is 5.76. The van der Waals surface area contributed by atoms with Crippen molar-refractivity contribution >= 4 is 5.91 Å². The fourth-order valence-corrected chi connectivity index (χ4v) is 2.71. The lowest BCUT2D eigenvalue weighted by molar-refractivity contribution is -0.133. The molecule has 17 heavy (non-hydrogen) atoms. The second-order valence-electron chi connectivity index (χ2n) is 4.77. The highest BCUT2D eigenvalue weighted by Gasteiger charge is 2.28. The predicted molar refractivity (Wildman–Crippen MR) is 69.9 cm³/mol. The van der Waals surface area contributed by atoms with Gasteiger partial charge in [0.25, 0.3) is 0 Å². The second-order valence-corrected chi connectivity index (χ2v) is 4.77. The summed E-state index contributed by atoms with van der Waals surface area (Å²) in [7, 11) is 0. The fraction of sp³-hybridized carbons (Fsp3) is 0.533. The van der Waals surface area contributed by atoms with Gasteiger partial charge >= 0.3 is 0 Å². The van der Waals surface area contributed by atoms with Gasteiger partial charge in [-0.05, 0) is 30.4 Å². The van der Waals surface area contributed by atoms with E-state index < -0.39 is 0 Å². The van der Waals surface area contributed by atoms with Crippen LogP contribution < -0.4 is 0 Å². The zero-order valence-corrected chi connectivity index (χ0v) is 10.8. The lowest BCUT2D eigenvalue weighted by atomic mass is 10.1. The quantitative estimate of drug-likeness (QED) is 0.780. The molecule has 0 saturated heterocycles. The summed E-state index contributed by atoms with van der Waals surface area (Å²) in [6.07, 6.45) is 3.72. The van der Waals surface area contributed by atoms with E-state index in [0.717, 1.165) is 25.8 Å². The third-order valence-electron chi connectivity index (χ3n) is 3.56. The SMILES string of the molecule is CCCN(C(=O)CC)C1Cc2ccccc2C1. The first-order valence-electron chi connectivity index (χ1n) is 6.62. The van der Waals surface area contributed by atoms with Crippen molar-refractivity contribution in [1.29, 1.82) is 0 Å². The van der Waals surface area contributed by atoms with Crippen LogP contribution in [0.2, 0.25) is 0 Å². The summed E-state index contributed by atoms with van der Waals surface area (Å²) in [5.41, 5.74) is 2.84. The van der Waals surface area contributed by atoms with Gasteiger partial charge in [0.2, 0.25) is 5.91 Å². The molecule has 2 rings (SSSR count). The van der Waals surface area contributed by atoms with Crippen LogP contribution in [-0.2, 0) is 17.6 Å². The Kier molecular flexibility index (Phi) is 3.82. The normalized spacial score (nSPS) is 14.7. The molecule has 2 nitrogen and oxygen atoms in total. The summed E-state index contributed by atoms with van der Waals surface area (Å²) in [5.74, 6) is 0.296. The molecule has 1 aliphatic rings. The molecule has 0 bridgehead atoms. The highest BCUT2D eigenvalue weighted by Crippen LogP contribution is 2.25. The first kappa shape index (κ1) is 12.2. The molecule has 0 fully saturated rings. The van der Waals surface area contributed by atoms with Gasteiger partial charge in [0, 0.05) is 19.0 Å². The number of hydrogen-bond donors (Lipinski definition) is 0. The van der Waals surface area contributed by atoms with Gasteiger partial charge < -0.3 is 4.90 Å². The van der Waals surface area contributed by atoms with Gasteiger partial charge in [-0.3, -0.25) is 4.79 Å². The minimum atomic E-state index is 0.296. The van der Waals surface area contributed by atoms with Gasteiger partial charge in [-0.25, -0.2) is 0 Å². The predicted octanol–water partition coefficient (Wildman–Crippen LogP) is 2.80. The highest BCUT2D eigenvalue weighted by atomic mass is 16.2. The molecular weight excluding hydrogens is 210 g/mol. The van der Waals surface area contributed by atoms with Gasteiger partial charge in [0.15, 0.2) is 0 Å². The van der Waals surface area contributed by atoms with Gasteiger partial charge in [-0.2, -0.15) is 0 Å². The third-order valence-corrected chi connectivity index (χ3v) is 3.56. The van der Waals surface area contributed by atoms with Gasteiger partial charge in [-0.1, -0.05) is 38.1 Å². The Morgan fingerprint density at radius 1 is 1.24 bits per heavy atom. The van der Waals surface area contributed by atoms with Crippen LogP contribution in [0.5, 0.6) is 0 Å². The summed E-state index contributed by atoms with van der Waals surface area (Å²) < 4.78 is 0. The summed E-state index contributed by atoms with van der Waals surface area (Å²) >= 11 is 0. The van der Waals surface area contributed by atoms with E-state index in [-0.39, 0.29) is 0 Å². The average Bonchev–Trinajstić information content (AvgIpc) is 2.78. The molecule has 1 amide bonds. The van der Waals surface area contributed by atoms with Crippen molar-refractivity contribution in [3.63, 3.8) is 0 Å². The Hall–Kier alpha value is -1.31. The van der Waals surface area contributed by atoms with E-state index in [4.69, 9.17) is 0 Å². The van der Waals surface area contributed by atoms with E-state index in [1.165, 1.54) is 11.1 Å². The van der Waals surface area contributed by atoms with E-state index in [1.54, 1.807) is 0 Å². The Bertz CT molecular complexity index is 375. The molecule has 0 saturated carbocycles. The maximum Gasteiger partial charge on any atom is 0.222 e. The van der Waals surface area contributed by atoms with Crippen LogP contribution in [0.4, 0.5) is 0 Å². The number of nitrogens with zero attached hydrogens (tertiary/aromatic N) is 1. The lowest BCUT2D eigenvalue weighted by Gasteiger charge is -2.28. The summed E-state index contributed by atoms with van der Waals surface area (Å²) in [6, 6.07) is 8.95. The van der Waals surface area contributed by atoms with Crippen molar-refractivity contribution in [2.24, 2.45) is 0 Å². The first-order valence-corrected chi connectivity index (χ1v) is 6.62. The summed E-state index contributed by atoms with van der Waals surface area (Å²) in [5, 5.41) is 0. The molecule has 1 aromatic carbocycles. The Labute approximate surface area is 104 Å². The number of rotatable bonds is 4. The molecule has 1 aromatic rings. The summed E-state index contributed by atoms with van der Waals surface area (Å²) in [4.78, 5) is 14.0. The molecule has 0 aromatic heterocycles. The first-order chi connectivity index (χ1) is 8.26. The van der Waals surface area contributed by atoms with Crippen LogP contribution in [0.3, 0.4) is 0 Å². The van der Waals surface area contributed by atoms with Crippen LogP contribution in [0, 0.1) is 0 Å². The number of hydrogen-bond acceptors (Lipinski definition) is 1. The van der Waals surface area contributed by atoms with E-state index in [0.29, 0.717) is 18.4 Å². The van der Waals surface area contributed by atoms with Gasteiger partial charge in [-0.15, -0.1) is 0 Å². The molecule has 0 N–H and O–H groups in total. The van der Waals surface area contributed by atoms with Crippen LogP contribution >= 0.6 is 0 Å². The van der Waals surface area contributed by atoms with E-state index in [2.05, 4.69) is 36.1 Å². The zero-order valence-electron chi connectivity index (χ0n) is 10.8. The molecule has 0 aliphatic heterocycles. The van der Waals surface area contributed by atoms with Crippen LogP contribution in [0.25, 0.3) is 0 Å². The van der Waals surface area contributed by atoms with E-state index in [9.17, 15) is 4.79 Å². The second kappa shape index (κ2) is 5.35. The Balaban J connectivity index is 2.11. The molecular formula is C15H21NO. The fourth-order valence-electron chi connectivity index (χ4n) is 2.71. The number of benzene rings is 1. The molecule has 0 spiro atoms. The van der Waals surface area contributed by atoms with Crippen molar-refractivity contribution in [2.45, 2.75) is 45.6 Å². The molecule has 1 aliphatic carbocycles. The monoisotopic (exact) mass is 231 g/mol. The molecule has 0 radical (unpaired) electrons. The standard InChI is InChI=1S/C15H21NO/c1-3-9-16(15(17)4-2)14-10-12-7-5-6-8-13(12)11-14/h5-8,14H,3-4,9-11H2,1-2H3. The zero-order chi connectivity index (χ0) is 12.3. The van der Waals surface area contributed by atoms with Crippen LogP contribution in [0.15, 0.2) is 24.3 Å². The molecule has 0 unspecified atom stereocenters. The minimum Gasteiger partial charge on any atom is -0.339 e. The van der Waals surface area contributed by atoms with Crippen LogP contribution in [0.1, 0.15) is 37.8 Å². The molecule has 0 atom stereocenters. The number of fused-ring (bicyclic) bond motifs is 1. The number of carbonyl (C=O) groups excluding carboxylic acids is 1. The topological polar surface area (TPSA) is 20.3 Å². The van der Waals surface area contributed by atoms with Gasteiger partial charge in [0.1, 0.15) is 0 Å². The molecule has 92 valence electrons. The van der Waals surface area contributed by atoms with Crippen molar-refractivity contribution in [1.82, 2.24) is 4.90 Å². The van der Waals surface area contributed by atoms with E-state index >= 15 is 0 Å². The van der Waals surface area contributed by atoms with E-state index in [1.807, 2.05) is 6.92 Å². The van der Waals surface area contributed by atoms with Gasteiger partial charge in [0.05, 0.1) is 0 Å². The van der Waals surface area contributed by atoms with Crippen molar-refractivity contribution in [3.8, 4) is 0 Å². The van der Waals surface area contributed by atoms with Crippen molar-refractivity contribution in [2.75, 3.05) is 6.54 Å². The Morgan fingerprint density at radius 3 is 2.29 bits per heavy atom.